The van der Waals surface area contributed by atoms with Crippen molar-refractivity contribution in [3.05, 3.63) is 11.6 Å². The van der Waals surface area contributed by atoms with Crippen molar-refractivity contribution in [3.8, 4) is 0 Å². The van der Waals surface area contributed by atoms with Gasteiger partial charge in [0.2, 0.25) is 0 Å². The Labute approximate surface area is 92.0 Å². The van der Waals surface area contributed by atoms with Crippen molar-refractivity contribution in [3.63, 3.8) is 0 Å². The monoisotopic (exact) mass is 255 g/mol. The predicted octanol–water partition coefficient (Wildman–Crippen LogP) is 2.22. The van der Waals surface area contributed by atoms with Gasteiger partial charge in [-0.05, 0) is 31.1 Å². The van der Waals surface area contributed by atoms with Crippen LogP contribution in [0.3, 0.4) is 0 Å². The van der Waals surface area contributed by atoms with Gasteiger partial charge in [-0.2, -0.15) is 0 Å². The predicted molar refractivity (Wildman–Crippen MR) is 57.2 cm³/mol. The molecule has 14 heavy (non-hydrogen) atoms. The van der Waals surface area contributed by atoms with E-state index in [1.165, 1.54) is 25.1 Å². The molecule has 2 unspecified atom stereocenters. The molecule has 1 aromatic heterocycles. The molecule has 1 heterocycles. The highest BCUT2D eigenvalue weighted by atomic mass is 79.9. The van der Waals surface area contributed by atoms with E-state index in [4.69, 9.17) is 0 Å². The van der Waals surface area contributed by atoms with E-state index in [1.807, 2.05) is 0 Å². The zero-order chi connectivity index (χ0) is 9.71. The summed E-state index contributed by atoms with van der Waals surface area (Å²) in [6, 6.07) is 0. The lowest BCUT2D eigenvalue weighted by atomic mass is 10.0. The maximum absolute atomic E-state index is 4.31. The molecule has 76 valence electrons. The van der Waals surface area contributed by atoms with Crippen molar-refractivity contribution in [1.29, 1.82) is 0 Å². The average Bonchev–Trinajstić information content (AvgIpc) is 2.65. The molecule has 0 spiro atoms. The Morgan fingerprint density at radius 1 is 1.29 bits per heavy atom. The Morgan fingerprint density at radius 3 is 2.57 bits per heavy atom. The summed E-state index contributed by atoms with van der Waals surface area (Å²) in [5, 5.41) is 9.29. The van der Waals surface area contributed by atoms with Gasteiger partial charge >= 0.3 is 0 Å². The summed E-state index contributed by atoms with van der Waals surface area (Å²) in [4.78, 5) is 0. The number of halogens is 1. The molecule has 2 saturated carbocycles. The second-order valence-electron chi connectivity index (χ2n) is 4.59. The van der Waals surface area contributed by atoms with E-state index >= 15 is 0 Å². The molecule has 0 radical (unpaired) electrons. The maximum atomic E-state index is 4.31. The lowest BCUT2D eigenvalue weighted by Crippen LogP contribution is -2.06. The second-order valence-corrected chi connectivity index (χ2v) is 5.15. The smallest absolute Gasteiger partial charge is 0.143 e. The fourth-order valence-corrected chi connectivity index (χ4v) is 3.26. The maximum Gasteiger partial charge on any atom is 0.143 e. The van der Waals surface area contributed by atoms with Crippen LogP contribution >= 0.6 is 15.9 Å². The van der Waals surface area contributed by atoms with E-state index in [9.17, 15) is 0 Å². The quantitative estimate of drug-likeness (QED) is 0.759. The molecular formula is C10H14BrN3. The van der Waals surface area contributed by atoms with Gasteiger partial charge in [0.1, 0.15) is 11.6 Å². The van der Waals surface area contributed by atoms with Gasteiger partial charge in [0.15, 0.2) is 0 Å². The second kappa shape index (κ2) is 3.05. The summed E-state index contributed by atoms with van der Waals surface area (Å²) in [5.74, 6) is 4.96. The first-order chi connectivity index (χ1) is 6.79. The minimum Gasteiger partial charge on any atom is -0.317 e. The highest BCUT2D eigenvalue weighted by molar-refractivity contribution is 9.08. The molecule has 3 nitrogen and oxygen atoms in total. The van der Waals surface area contributed by atoms with Crippen LogP contribution in [0.5, 0.6) is 0 Å². The molecule has 2 aliphatic carbocycles. The molecular weight excluding hydrogens is 242 g/mol. The van der Waals surface area contributed by atoms with Crippen LogP contribution in [0.2, 0.25) is 0 Å². The van der Waals surface area contributed by atoms with Gasteiger partial charge in [0.25, 0.3) is 0 Å². The van der Waals surface area contributed by atoms with Crippen LogP contribution in [0.25, 0.3) is 0 Å². The van der Waals surface area contributed by atoms with Gasteiger partial charge in [-0.1, -0.05) is 15.9 Å². The summed E-state index contributed by atoms with van der Waals surface area (Å²) in [7, 11) is 2.08. The molecule has 0 saturated heterocycles. The average molecular weight is 256 g/mol. The van der Waals surface area contributed by atoms with Gasteiger partial charge in [0.05, 0.1) is 5.33 Å². The summed E-state index contributed by atoms with van der Waals surface area (Å²) in [5.41, 5.74) is 0. The molecule has 3 rings (SSSR count). The third-order valence-electron chi connectivity index (χ3n) is 3.73. The van der Waals surface area contributed by atoms with Crippen molar-refractivity contribution >= 4 is 15.9 Å². The Hall–Kier alpha value is -0.380. The number of fused-ring (bicyclic) bond motifs is 1. The van der Waals surface area contributed by atoms with E-state index in [1.54, 1.807) is 0 Å². The van der Waals surface area contributed by atoms with Crippen LogP contribution in [0, 0.1) is 11.8 Å². The first kappa shape index (κ1) is 8.89. The third kappa shape index (κ3) is 1.23. The van der Waals surface area contributed by atoms with Crippen LogP contribution in [0.1, 0.15) is 36.8 Å². The van der Waals surface area contributed by atoms with Crippen molar-refractivity contribution in [1.82, 2.24) is 14.8 Å². The molecule has 1 aromatic rings. The number of aromatic nitrogens is 3. The van der Waals surface area contributed by atoms with Gasteiger partial charge in [0, 0.05) is 13.0 Å². The molecule has 0 bridgehead atoms. The molecule has 4 heteroatoms. The fraction of sp³-hybridized carbons (Fsp3) is 0.800. The van der Waals surface area contributed by atoms with Gasteiger partial charge in [-0.25, -0.2) is 0 Å². The van der Waals surface area contributed by atoms with Crippen LogP contribution in [-0.4, -0.2) is 14.8 Å². The van der Waals surface area contributed by atoms with Crippen molar-refractivity contribution in [2.45, 2.75) is 30.5 Å². The van der Waals surface area contributed by atoms with Gasteiger partial charge in [-0.3, -0.25) is 0 Å². The number of alkyl halides is 1. The third-order valence-corrected chi connectivity index (χ3v) is 4.23. The standard InChI is InChI=1S/C10H14BrN3/c1-14-9(5-11)12-13-10(14)8-3-6-2-7(6)4-8/h6-8H,2-5H2,1H3. The molecule has 2 fully saturated rings. The summed E-state index contributed by atoms with van der Waals surface area (Å²) in [6.07, 6.45) is 4.16. The van der Waals surface area contributed by atoms with Crippen LogP contribution in [-0.2, 0) is 12.4 Å². The number of hydrogen-bond acceptors (Lipinski definition) is 2. The zero-order valence-corrected chi connectivity index (χ0v) is 9.87. The Balaban J connectivity index is 1.85. The largest absolute Gasteiger partial charge is 0.317 e. The first-order valence-corrected chi connectivity index (χ1v) is 6.36. The van der Waals surface area contributed by atoms with Gasteiger partial charge in [-0.15, -0.1) is 10.2 Å². The molecule has 2 atom stereocenters. The Morgan fingerprint density at radius 2 is 2.00 bits per heavy atom. The molecule has 0 aromatic carbocycles. The lowest BCUT2D eigenvalue weighted by molar-refractivity contribution is 0.564. The molecule has 0 amide bonds. The van der Waals surface area contributed by atoms with E-state index in [2.05, 4.69) is 37.7 Å². The minimum absolute atomic E-state index is 0.684. The highest BCUT2D eigenvalue weighted by Gasteiger charge is 2.47. The number of rotatable bonds is 2. The van der Waals surface area contributed by atoms with E-state index < -0.39 is 0 Å². The normalized spacial score (nSPS) is 34.6. The van der Waals surface area contributed by atoms with Crippen molar-refractivity contribution in [2.24, 2.45) is 18.9 Å². The van der Waals surface area contributed by atoms with Gasteiger partial charge < -0.3 is 4.57 Å². The summed E-state index contributed by atoms with van der Waals surface area (Å²) < 4.78 is 2.16. The minimum atomic E-state index is 0.684. The molecule has 0 aliphatic heterocycles. The summed E-state index contributed by atoms with van der Waals surface area (Å²) >= 11 is 3.43. The topological polar surface area (TPSA) is 30.7 Å². The lowest BCUT2D eigenvalue weighted by Gasteiger charge is -2.10. The van der Waals surface area contributed by atoms with Crippen LogP contribution in [0.15, 0.2) is 0 Å². The zero-order valence-electron chi connectivity index (χ0n) is 8.28. The van der Waals surface area contributed by atoms with E-state index in [0.29, 0.717) is 5.92 Å². The first-order valence-electron chi connectivity index (χ1n) is 5.23. The molecule has 0 N–H and O–H groups in total. The van der Waals surface area contributed by atoms with Crippen molar-refractivity contribution < 1.29 is 0 Å². The highest BCUT2D eigenvalue weighted by Crippen LogP contribution is 2.57. The molecule has 2 aliphatic rings. The Kier molecular flexibility index (Phi) is 1.94. The number of nitrogens with zero attached hydrogens (tertiary/aromatic N) is 3. The fourth-order valence-electron chi connectivity index (χ4n) is 2.77. The van der Waals surface area contributed by atoms with Crippen LogP contribution < -0.4 is 0 Å². The van der Waals surface area contributed by atoms with Crippen LogP contribution in [0.4, 0.5) is 0 Å². The Bertz CT molecular complexity index is 350. The van der Waals surface area contributed by atoms with Crippen molar-refractivity contribution in [2.75, 3.05) is 0 Å². The SMILES string of the molecule is Cn1c(CBr)nnc1C1CC2CC2C1. The number of hydrogen-bond donors (Lipinski definition) is 0. The van der Waals surface area contributed by atoms with E-state index in [0.717, 1.165) is 23.0 Å². The summed E-state index contributed by atoms with van der Waals surface area (Å²) in [6.45, 7) is 0. The van der Waals surface area contributed by atoms with E-state index in [-0.39, 0.29) is 0 Å².